The van der Waals surface area contributed by atoms with E-state index in [4.69, 9.17) is 11.6 Å². The molecule has 1 aromatic carbocycles. The number of carboxylic acid groups (broad SMARTS) is 1. The molecule has 6 heteroatoms. The van der Waals surface area contributed by atoms with E-state index < -0.39 is 12.0 Å². The number of rotatable bonds is 5. The predicted molar refractivity (Wildman–Crippen MR) is 79.0 cm³/mol. The molecule has 0 aliphatic heterocycles. The molecule has 0 saturated carbocycles. The number of benzene rings is 1. The molecule has 0 fully saturated rings. The number of fused-ring (bicyclic) bond motifs is 1. The Balaban J connectivity index is 2.34. The molecule has 0 aliphatic rings. The zero-order chi connectivity index (χ0) is 14.7. The molecule has 0 radical (unpaired) electrons. The van der Waals surface area contributed by atoms with Crippen molar-refractivity contribution in [1.29, 1.82) is 0 Å². The molecular weight excluding hydrogens is 278 g/mol. The number of carboxylic acids is 1. The molecule has 0 bridgehead atoms. The van der Waals surface area contributed by atoms with Crippen LogP contribution in [0.1, 0.15) is 20.3 Å². The Morgan fingerprint density at radius 2 is 2.15 bits per heavy atom. The van der Waals surface area contributed by atoms with E-state index in [0.29, 0.717) is 22.8 Å². The van der Waals surface area contributed by atoms with Gasteiger partial charge in [0, 0.05) is 10.4 Å². The Bertz CT molecular complexity index is 631. The maximum absolute atomic E-state index is 11.3. The van der Waals surface area contributed by atoms with E-state index in [0.717, 1.165) is 5.39 Å². The third kappa shape index (κ3) is 3.36. The van der Waals surface area contributed by atoms with Crippen LogP contribution in [0.5, 0.6) is 0 Å². The number of halogens is 1. The lowest BCUT2D eigenvalue weighted by atomic mass is 10.0. The van der Waals surface area contributed by atoms with Gasteiger partial charge in [-0.3, -0.25) is 0 Å². The van der Waals surface area contributed by atoms with Crippen LogP contribution in [0, 0.1) is 5.92 Å². The molecule has 0 unspecified atom stereocenters. The van der Waals surface area contributed by atoms with Crippen molar-refractivity contribution >= 4 is 34.3 Å². The number of carbonyl (C=O) groups is 1. The average Bonchev–Trinajstić information content (AvgIpc) is 2.37. The van der Waals surface area contributed by atoms with Crippen LogP contribution < -0.4 is 5.32 Å². The third-order valence-electron chi connectivity index (χ3n) is 2.91. The van der Waals surface area contributed by atoms with Gasteiger partial charge in [-0.2, -0.15) is 0 Å². The number of nitrogens with one attached hydrogen (secondary N) is 1. The predicted octanol–water partition coefficient (Wildman–Crippen LogP) is 3.19. The smallest absolute Gasteiger partial charge is 0.326 e. The summed E-state index contributed by atoms with van der Waals surface area (Å²) in [5, 5.41) is 13.6. The van der Waals surface area contributed by atoms with Gasteiger partial charge in [-0.25, -0.2) is 14.8 Å². The second-order valence-electron chi connectivity index (χ2n) is 5.05. The highest BCUT2D eigenvalue weighted by molar-refractivity contribution is 6.31. The summed E-state index contributed by atoms with van der Waals surface area (Å²) in [6, 6.07) is 4.57. The van der Waals surface area contributed by atoms with Crippen LogP contribution in [-0.4, -0.2) is 27.1 Å². The molecule has 0 saturated heterocycles. The summed E-state index contributed by atoms with van der Waals surface area (Å²) >= 11 is 5.92. The van der Waals surface area contributed by atoms with E-state index in [9.17, 15) is 9.90 Å². The van der Waals surface area contributed by atoms with Gasteiger partial charge in [-0.15, -0.1) is 0 Å². The van der Waals surface area contributed by atoms with Crippen LogP contribution in [-0.2, 0) is 4.79 Å². The number of hydrogen-bond donors (Lipinski definition) is 2. The van der Waals surface area contributed by atoms with Gasteiger partial charge < -0.3 is 10.4 Å². The Kier molecular flexibility index (Phi) is 4.39. The van der Waals surface area contributed by atoms with Gasteiger partial charge in [-0.05, 0) is 30.5 Å². The van der Waals surface area contributed by atoms with Gasteiger partial charge in [0.15, 0.2) is 0 Å². The molecule has 0 spiro atoms. The highest BCUT2D eigenvalue weighted by Crippen LogP contribution is 2.23. The zero-order valence-corrected chi connectivity index (χ0v) is 12.1. The molecule has 1 atom stereocenters. The minimum Gasteiger partial charge on any atom is -0.480 e. The lowest BCUT2D eigenvalue weighted by Crippen LogP contribution is -2.31. The lowest BCUT2D eigenvalue weighted by molar-refractivity contribution is -0.138. The average molecular weight is 294 g/mol. The first-order chi connectivity index (χ1) is 9.47. The molecular formula is C14H16ClN3O2. The Labute approximate surface area is 122 Å². The van der Waals surface area contributed by atoms with E-state index in [1.807, 2.05) is 13.8 Å². The lowest BCUT2D eigenvalue weighted by Gasteiger charge is -2.17. The number of nitrogens with zero attached hydrogens (tertiary/aromatic N) is 2. The molecule has 1 heterocycles. The molecule has 2 rings (SSSR count). The largest absolute Gasteiger partial charge is 0.480 e. The maximum atomic E-state index is 11.3. The van der Waals surface area contributed by atoms with E-state index in [2.05, 4.69) is 15.3 Å². The van der Waals surface area contributed by atoms with Crippen molar-refractivity contribution in [2.24, 2.45) is 5.92 Å². The van der Waals surface area contributed by atoms with E-state index >= 15 is 0 Å². The van der Waals surface area contributed by atoms with Crippen molar-refractivity contribution in [1.82, 2.24) is 9.97 Å². The van der Waals surface area contributed by atoms with E-state index in [-0.39, 0.29) is 5.92 Å². The van der Waals surface area contributed by atoms with Crippen LogP contribution in [0.15, 0.2) is 24.5 Å². The minimum atomic E-state index is -0.889. The summed E-state index contributed by atoms with van der Waals surface area (Å²) < 4.78 is 0. The highest BCUT2D eigenvalue weighted by atomic mass is 35.5. The monoisotopic (exact) mass is 293 g/mol. The van der Waals surface area contributed by atoms with Crippen molar-refractivity contribution in [3.8, 4) is 0 Å². The van der Waals surface area contributed by atoms with Gasteiger partial charge in [-0.1, -0.05) is 25.4 Å². The molecule has 0 amide bonds. The Morgan fingerprint density at radius 1 is 1.40 bits per heavy atom. The zero-order valence-electron chi connectivity index (χ0n) is 11.3. The Morgan fingerprint density at radius 3 is 2.80 bits per heavy atom. The second-order valence-corrected chi connectivity index (χ2v) is 5.48. The molecule has 106 valence electrons. The fourth-order valence-electron chi connectivity index (χ4n) is 2.00. The first kappa shape index (κ1) is 14.5. The van der Waals surface area contributed by atoms with Gasteiger partial charge in [0.1, 0.15) is 18.2 Å². The number of aromatic nitrogens is 2. The summed E-state index contributed by atoms with van der Waals surface area (Å²) in [5.74, 6) is -0.106. The summed E-state index contributed by atoms with van der Waals surface area (Å²) in [6.45, 7) is 3.96. The molecule has 5 nitrogen and oxygen atoms in total. The first-order valence-corrected chi connectivity index (χ1v) is 6.74. The van der Waals surface area contributed by atoms with Crippen LogP contribution >= 0.6 is 11.6 Å². The second kappa shape index (κ2) is 6.05. The quantitative estimate of drug-likeness (QED) is 0.885. The van der Waals surface area contributed by atoms with Crippen molar-refractivity contribution < 1.29 is 9.90 Å². The van der Waals surface area contributed by atoms with E-state index in [1.165, 1.54) is 6.33 Å². The SMILES string of the molecule is CC(C)C[C@@H](Nc1ncnc2cc(Cl)ccc12)C(=O)O. The van der Waals surface area contributed by atoms with Gasteiger partial charge in [0.2, 0.25) is 0 Å². The summed E-state index contributed by atoms with van der Waals surface area (Å²) in [5.41, 5.74) is 0.684. The Hall–Kier alpha value is -1.88. The van der Waals surface area contributed by atoms with Crippen molar-refractivity contribution in [2.45, 2.75) is 26.3 Å². The highest BCUT2D eigenvalue weighted by Gasteiger charge is 2.20. The summed E-state index contributed by atoms with van der Waals surface area (Å²) in [6.07, 6.45) is 1.92. The molecule has 2 N–H and O–H groups in total. The molecule has 20 heavy (non-hydrogen) atoms. The van der Waals surface area contributed by atoms with Crippen molar-refractivity contribution in [2.75, 3.05) is 5.32 Å². The van der Waals surface area contributed by atoms with Crippen LogP contribution in [0.2, 0.25) is 5.02 Å². The molecule has 1 aromatic heterocycles. The summed E-state index contributed by atoms with van der Waals surface area (Å²) in [4.78, 5) is 19.6. The van der Waals surface area contributed by atoms with Crippen molar-refractivity contribution in [3.63, 3.8) is 0 Å². The minimum absolute atomic E-state index is 0.270. The fourth-order valence-corrected chi connectivity index (χ4v) is 2.17. The topological polar surface area (TPSA) is 75.1 Å². The van der Waals surface area contributed by atoms with Crippen LogP contribution in [0.25, 0.3) is 10.9 Å². The number of anilines is 1. The summed E-state index contributed by atoms with van der Waals surface area (Å²) in [7, 11) is 0. The van der Waals surface area contributed by atoms with E-state index in [1.54, 1.807) is 18.2 Å². The number of aliphatic carboxylic acids is 1. The fraction of sp³-hybridized carbons (Fsp3) is 0.357. The molecule has 0 aliphatic carbocycles. The standard InChI is InChI=1S/C14H16ClN3O2/c1-8(2)5-12(14(19)20)18-13-10-4-3-9(15)6-11(10)16-7-17-13/h3-4,6-8,12H,5H2,1-2H3,(H,19,20)(H,16,17,18)/t12-/m1/s1. The van der Waals surface area contributed by atoms with Gasteiger partial charge in [0.25, 0.3) is 0 Å². The van der Waals surface area contributed by atoms with Crippen molar-refractivity contribution in [3.05, 3.63) is 29.5 Å². The van der Waals surface area contributed by atoms with Crippen LogP contribution in [0.3, 0.4) is 0 Å². The first-order valence-electron chi connectivity index (χ1n) is 6.37. The number of hydrogen-bond acceptors (Lipinski definition) is 4. The maximum Gasteiger partial charge on any atom is 0.326 e. The third-order valence-corrected chi connectivity index (χ3v) is 3.15. The molecule has 2 aromatic rings. The van der Waals surface area contributed by atoms with Crippen LogP contribution in [0.4, 0.5) is 5.82 Å². The van der Waals surface area contributed by atoms with Gasteiger partial charge >= 0.3 is 5.97 Å². The normalized spacial score (nSPS) is 12.6. The van der Waals surface area contributed by atoms with Gasteiger partial charge in [0.05, 0.1) is 5.52 Å².